The molecule has 0 aliphatic rings. The van der Waals surface area contributed by atoms with Crippen molar-refractivity contribution in [3.05, 3.63) is 76.4 Å². The molecule has 0 unspecified atom stereocenters. The number of carbonyl (C=O) groups excluding carboxylic acids is 1. The van der Waals surface area contributed by atoms with Gasteiger partial charge in [-0.1, -0.05) is 12.1 Å². The van der Waals surface area contributed by atoms with Crippen LogP contribution in [-0.4, -0.2) is 37.3 Å². The summed E-state index contributed by atoms with van der Waals surface area (Å²) >= 11 is 0. The second-order valence-corrected chi connectivity index (χ2v) is 5.07. The van der Waals surface area contributed by atoms with Crippen LogP contribution in [0.4, 0.5) is 5.69 Å². The van der Waals surface area contributed by atoms with Gasteiger partial charge in [0.05, 0.1) is 17.3 Å². The molecule has 0 atom stereocenters. The molecular formula is C17H11N5O4. The summed E-state index contributed by atoms with van der Waals surface area (Å²) in [7, 11) is 0. The first kappa shape index (κ1) is 16.8. The molecule has 2 aromatic heterocycles. The van der Waals surface area contributed by atoms with E-state index in [9.17, 15) is 20.0 Å². The first-order chi connectivity index (χ1) is 12.6. The van der Waals surface area contributed by atoms with Crippen LogP contribution in [0.1, 0.15) is 16.2 Å². The average Bonchev–Trinajstić information content (AvgIpc) is 2.67. The van der Waals surface area contributed by atoms with E-state index in [-0.39, 0.29) is 22.8 Å². The van der Waals surface area contributed by atoms with Gasteiger partial charge < -0.3 is 5.11 Å². The largest absolute Gasteiger partial charge is 0.506 e. The molecule has 0 aliphatic carbocycles. The highest BCUT2D eigenvalue weighted by Crippen LogP contribution is 2.26. The Morgan fingerprint density at radius 2 is 2.04 bits per heavy atom. The third-order valence-electron chi connectivity index (χ3n) is 3.41. The number of aliphatic imine (C=N–C) groups is 1. The number of hydrogen-bond acceptors (Lipinski definition) is 7. The summed E-state index contributed by atoms with van der Waals surface area (Å²) in [6, 6.07) is 10.3. The van der Waals surface area contributed by atoms with Crippen molar-refractivity contribution < 1.29 is 14.8 Å². The minimum absolute atomic E-state index is 0.0698. The first-order valence-corrected chi connectivity index (χ1v) is 7.35. The van der Waals surface area contributed by atoms with Crippen LogP contribution in [0, 0.1) is 10.1 Å². The van der Waals surface area contributed by atoms with Crippen LogP contribution in [-0.2, 0) is 0 Å². The maximum atomic E-state index is 12.4. The number of benzene rings is 1. The highest BCUT2D eigenvalue weighted by Gasteiger charge is 2.16. The Kier molecular flexibility index (Phi) is 4.70. The summed E-state index contributed by atoms with van der Waals surface area (Å²) in [5.41, 5.74) is 0.741. The van der Waals surface area contributed by atoms with Gasteiger partial charge >= 0.3 is 0 Å². The maximum Gasteiger partial charge on any atom is 0.298 e. The van der Waals surface area contributed by atoms with Gasteiger partial charge in [0.2, 0.25) is 0 Å². The molecule has 0 aliphatic heterocycles. The van der Waals surface area contributed by atoms with E-state index in [1.807, 2.05) is 0 Å². The Morgan fingerprint density at radius 1 is 1.19 bits per heavy atom. The van der Waals surface area contributed by atoms with Gasteiger partial charge in [-0.3, -0.25) is 19.9 Å². The Labute approximate surface area is 146 Å². The van der Waals surface area contributed by atoms with E-state index in [0.717, 1.165) is 6.21 Å². The molecule has 0 saturated heterocycles. The third kappa shape index (κ3) is 3.56. The molecule has 3 aromatic rings. The van der Waals surface area contributed by atoms with Crippen LogP contribution < -0.4 is 0 Å². The summed E-state index contributed by atoms with van der Waals surface area (Å²) in [5, 5.41) is 28.1. The highest BCUT2D eigenvalue weighted by atomic mass is 16.6. The molecule has 1 N–H and O–H groups in total. The minimum Gasteiger partial charge on any atom is -0.506 e. The Hall–Kier alpha value is -4.01. The fourth-order valence-corrected chi connectivity index (χ4v) is 2.20. The third-order valence-corrected chi connectivity index (χ3v) is 3.41. The fraction of sp³-hybridized carbons (Fsp3) is 0. The van der Waals surface area contributed by atoms with Gasteiger partial charge in [-0.05, 0) is 23.8 Å². The van der Waals surface area contributed by atoms with E-state index in [1.165, 1.54) is 48.8 Å². The lowest BCUT2D eigenvalue weighted by Crippen LogP contribution is -2.04. The van der Waals surface area contributed by atoms with Crippen molar-refractivity contribution in [2.24, 2.45) is 4.99 Å². The van der Waals surface area contributed by atoms with Gasteiger partial charge in [0.15, 0.2) is 5.69 Å². The second kappa shape index (κ2) is 7.26. The summed E-state index contributed by atoms with van der Waals surface area (Å²) in [6.45, 7) is 0. The molecule has 2 heterocycles. The lowest BCUT2D eigenvalue weighted by atomic mass is 10.0. The minimum atomic E-state index is -0.718. The Bertz CT molecular complexity index is 1020. The number of pyridine rings is 1. The molecule has 3 rings (SSSR count). The Morgan fingerprint density at radius 3 is 2.81 bits per heavy atom. The van der Waals surface area contributed by atoms with E-state index in [4.69, 9.17) is 0 Å². The van der Waals surface area contributed by atoms with Crippen molar-refractivity contribution in [1.82, 2.24) is 15.2 Å². The second-order valence-electron chi connectivity index (χ2n) is 5.07. The van der Waals surface area contributed by atoms with Crippen LogP contribution in [0.2, 0.25) is 0 Å². The molecule has 0 bridgehead atoms. The van der Waals surface area contributed by atoms with Gasteiger partial charge in [-0.15, -0.1) is 5.10 Å². The van der Waals surface area contributed by atoms with Gasteiger partial charge in [0.25, 0.3) is 11.6 Å². The predicted octanol–water partition coefficient (Wildman–Crippen LogP) is 2.41. The van der Waals surface area contributed by atoms with E-state index in [1.54, 1.807) is 6.07 Å². The zero-order valence-electron chi connectivity index (χ0n) is 13.2. The number of hydrogen-bond donors (Lipinski definition) is 1. The van der Waals surface area contributed by atoms with Gasteiger partial charge in [0, 0.05) is 23.9 Å². The zero-order valence-corrected chi connectivity index (χ0v) is 13.2. The maximum absolute atomic E-state index is 12.4. The SMILES string of the molecule is O=C(/N=C\c1ncccc1O)c1nnccc1-c1cccc([N+](=O)[O-])c1. The van der Waals surface area contributed by atoms with Crippen LogP contribution in [0.25, 0.3) is 11.1 Å². The average molecular weight is 349 g/mol. The molecule has 0 spiro atoms. The van der Waals surface area contributed by atoms with Gasteiger partial charge in [0.1, 0.15) is 11.4 Å². The number of nitro groups is 1. The summed E-state index contributed by atoms with van der Waals surface area (Å²) in [6.07, 6.45) is 3.94. The molecule has 0 saturated carbocycles. The standard InChI is InChI=1S/C17H11N5O4/c23-15-5-2-7-18-14(15)10-19-17(24)16-13(6-8-20-21-16)11-3-1-4-12(9-11)22(25)26/h1-10,23H/b19-10-. The normalized spacial score (nSPS) is 10.8. The number of nitrogens with zero attached hydrogens (tertiary/aromatic N) is 5. The molecule has 26 heavy (non-hydrogen) atoms. The van der Waals surface area contributed by atoms with E-state index >= 15 is 0 Å². The van der Waals surface area contributed by atoms with Gasteiger partial charge in [-0.25, -0.2) is 4.99 Å². The molecule has 0 fully saturated rings. The highest BCUT2D eigenvalue weighted by molar-refractivity contribution is 6.04. The smallest absolute Gasteiger partial charge is 0.298 e. The number of nitro benzene ring substituents is 1. The molecule has 1 aromatic carbocycles. The number of rotatable bonds is 4. The number of aromatic hydroxyl groups is 1. The summed E-state index contributed by atoms with van der Waals surface area (Å²) in [5.74, 6) is -0.841. The summed E-state index contributed by atoms with van der Waals surface area (Å²) in [4.78, 5) is 30.5. The van der Waals surface area contributed by atoms with Gasteiger partial charge in [-0.2, -0.15) is 5.10 Å². The zero-order chi connectivity index (χ0) is 18.5. The van der Waals surface area contributed by atoms with E-state index in [0.29, 0.717) is 11.1 Å². The van der Waals surface area contributed by atoms with Crippen molar-refractivity contribution >= 4 is 17.8 Å². The van der Waals surface area contributed by atoms with Crippen molar-refractivity contribution in [3.8, 4) is 16.9 Å². The van der Waals surface area contributed by atoms with Crippen molar-refractivity contribution in [2.45, 2.75) is 0 Å². The van der Waals surface area contributed by atoms with Crippen molar-refractivity contribution in [2.75, 3.05) is 0 Å². The number of amides is 1. The van der Waals surface area contributed by atoms with Crippen LogP contribution in [0.3, 0.4) is 0 Å². The molecule has 1 amide bonds. The van der Waals surface area contributed by atoms with Crippen molar-refractivity contribution in [1.29, 1.82) is 0 Å². The Balaban J connectivity index is 1.97. The van der Waals surface area contributed by atoms with Crippen LogP contribution >= 0.6 is 0 Å². The topological polar surface area (TPSA) is 131 Å². The molecule has 9 heteroatoms. The fourth-order valence-electron chi connectivity index (χ4n) is 2.20. The first-order valence-electron chi connectivity index (χ1n) is 7.35. The number of aromatic nitrogens is 3. The summed E-state index contributed by atoms with van der Waals surface area (Å²) < 4.78 is 0. The lowest BCUT2D eigenvalue weighted by Gasteiger charge is -2.05. The van der Waals surface area contributed by atoms with Crippen LogP contribution in [0.5, 0.6) is 5.75 Å². The molecule has 9 nitrogen and oxygen atoms in total. The molecule has 128 valence electrons. The monoisotopic (exact) mass is 349 g/mol. The number of non-ortho nitro benzene ring substituents is 1. The van der Waals surface area contributed by atoms with Crippen LogP contribution in [0.15, 0.2) is 59.9 Å². The van der Waals surface area contributed by atoms with E-state index < -0.39 is 10.8 Å². The quantitative estimate of drug-likeness (QED) is 0.434. The predicted molar refractivity (Wildman–Crippen MR) is 91.9 cm³/mol. The van der Waals surface area contributed by atoms with E-state index in [2.05, 4.69) is 20.2 Å². The van der Waals surface area contributed by atoms with Crippen molar-refractivity contribution in [3.63, 3.8) is 0 Å². The molecule has 0 radical (unpaired) electrons. The lowest BCUT2D eigenvalue weighted by molar-refractivity contribution is -0.384. The molecular weight excluding hydrogens is 338 g/mol. The number of carbonyl (C=O) groups is 1.